The van der Waals surface area contributed by atoms with Crippen molar-refractivity contribution in [1.82, 2.24) is 25.2 Å². The molecule has 3 aromatic rings. The van der Waals surface area contributed by atoms with Gasteiger partial charge in [-0.25, -0.2) is 4.68 Å². The molecule has 1 aromatic carbocycles. The first-order chi connectivity index (χ1) is 11.1. The third-order valence-electron chi connectivity index (χ3n) is 3.39. The van der Waals surface area contributed by atoms with E-state index in [2.05, 4.69) is 25.8 Å². The second kappa shape index (κ2) is 6.74. The van der Waals surface area contributed by atoms with Crippen molar-refractivity contribution < 1.29 is 4.79 Å². The van der Waals surface area contributed by atoms with Crippen molar-refractivity contribution in [2.24, 2.45) is 7.05 Å². The number of thioether (sulfide) groups is 1. The summed E-state index contributed by atoms with van der Waals surface area (Å²) >= 11 is 1.45. The average molecular weight is 328 g/mol. The second-order valence-electron chi connectivity index (χ2n) is 5.06. The quantitative estimate of drug-likeness (QED) is 0.723. The van der Waals surface area contributed by atoms with Gasteiger partial charge in [-0.2, -0.15) is 0 Å². The summed E-state index contributed by atoms with van der Waals surface area (Å²) in [7, 11) is 1.77. The van der Waals surface area contributed by atoms with Gasteiger partial charge in [0.05, 0.1) is 11.2 Å². The number of nitrogens with zero attached hydrogens (tertiary/aromatic N) is 5. The van der Waals surface area contributed by atoms with Gasteiger partial charge in [0.25, 0.3) is 0 Å². The summed E-state index contributed by atoms with van der Waals surface area (Å²) in [5.41, 5.74) is 2.78. The molecule has 1 amide bonds. The van der Waals surface area contributed by atoms with Crippen molar-refractivity contribution >= 4 is 34.3 Å². The third kappa shape index (κ3) is 3.48. The van der Waals surface area contributed by atoms with Crippen molar-refractivity contribution in [3.05, 3.63) is 36.0 Å². The van der Waals surface area contributed by atoms with E-state index in [-0.39, 0.29) is 5.91 Å². The Morgan fingerprint density at radius 1 is 1.35 bits per heavy atom. The van der Waals surface area contributed by atoms with Gasteiger partial charge in [0.2, 0.25) is 11.1 Å². The average Bonchev–Trinajstić information content (AvgIpc) is 2.96. The predicted octanol–water partition coefficient (Wildman–Crippen LogP) is 2.19. The Morgan fingerprint density at radius 2 is 2.22 bits per heavy atom. The Bertz CT molecular complexity index is 847. The maximum Gasteiger partial charge on any atom is 0.225 e. The first-order valence-corrected chi connectivity index (χ1v) is 8.13. The van der Waals surface area contributed by atoms with E-state index in [0.717, 1.165) is 22.2 Å². The molecule has 2 aromatic heterocycles. The van der Waals surface area contributed by atoms with E-state index in [1.807, 2.05) is 31.2 Å². The standard InChI is InChI=1S/C15H16N6OS/c1-10-5-6-12(11-4-3-8-16-14(10)11)17-13(22)7-9-23-15-18-19-20-21(15)2/h3-6,8H,7,9H2,1-2H3,(H,17,22). The van der Waals surface area contributed by atoms with Crippen molar-refractivity contribution in [3.63, 3.8) is 0 Å². The normalized spacial score (nSPS) is 10.9. The van der Waals surface area contributed by atoms with Crippen molar-refractivity contribution in [2.45, 2.75) is 18.5 Å². The summed E-state index contributed by atoms with van der Waals surface area (Å²) in [6, 6.07) is 7.71. The maximum atomic E-state index is 12.2. The molecular weight excluding hydrogens is 312 g/mol. The van der Waals surface area contributed by atoms with Gasteiger partial charge in [0, 0.05) is 30.8 Å². The smallest absolute Gasteiger partial charge is 0.225 e. The van der Waals surface area contributed by atoms with E-state index in [9.17, 15) is 4.79 Å². The summed E-state index contributed by atoms with van der Waals surface area (Å²) < 4.78 is 1.59. The Kier molecular flexibility index (Phi) is 4.52. The van der Waals surface area contributed by atoms with Crippen molar-refractivity contribution in [2.75, 3.05) is 11.1 Å². The lowest BCUT2D eigenvalue weighted by Crippen LogP contribution is -2.13. The number of carbonyl (C=O) groups is 1. The lowest BCUT2D eigenvalue weighted by Gasteiger charge is -2.09. The number of hydrogen-bond acceptors (Lipinski definition) is 6. The monoisotopic (exact) mass is 328 g/mol. The highest BCUT2D eigenvalue weighted by Gasteiger charge is 2.09. The van der Waals surface area contributed by atoms with Crippen LogP contribution in [0, 0.1) is 6.92 Å². The zero-order chi connectivity index (χ0) is 16.2. The fraction of sp³-hybridized carbons (Fsp3) is 0.267. The van der Waals surface area contributed by atoms with Crippen LogP contribution in [0.2, 0.25) is 0 Å². The van der Waals surface area contributed by atoms with Gasteiger partial charge >= 0.3 is 0 Å². The Balaban J connectivity index is 1.64. The van der Waals surface area contributed by atoms with Gasteiger partial charge in [-0.05, 0) is 41.1 Å². The molecule has 3 rings (SSSR count). The molecule has 0 spiro atoms. The molecule has 0 bridgehead atoms. The van der Waals surface area contributed by atoms with Crippen LogP contribution in [0.5, 0.6) is 0 Å². The van der Waals surface area contributed by atoms with E-state index in [1.165, 1.54) is 11.8 Å². The Morgan fingerprint density at radius 3 is 3.00 bits per heavy atom. The summed E-state index contributed by atoms with van der Waals surface area (Å²) in [5, 5.41) is 15.8. The molecule has 0 aliphatic carbocycles. The number of carbonyl (C=O) groups excluding carboxylic acids is 1. The minimum absolute atomic E-state index is 0.0402. The van der Waals surface area contributed by atoms with Crippen molar-refractivity contribution in [3.8, 4) is 0 Å². The van der Waals surface area contributed by atoms with Crippen LogP contribution < -0.4 is 5.32 Å². The number of aromatic nitrogens is 5. The lowest BCUT2D eigenvalue weighted by molar-refractivity contribution is -0.115. The van der Waals surface area contributed by atoms with Crippen LogP contribution in [0.15, 0.2) is 35.6 Å². The molecule has 0 radical (unpaired) electrons. The number of benzene rings is 1. The van der Waals surface area contributed by atoms with Gasteiger partial charge in [-0.3, -0.25) is 9.78 Å². The zero-order valence-corrected chi connectivity index (χ0v) is 13.7. The van der Waals surface area contributed by atoms with E-state index in [0.29, 0.717) is 17.3 Å². The van der Waals surface area contributed by atoms with E-state index >= 15 is 0 Å². The SMILES string of the molecule is Cc1ccc(NC(=O)CCSc2nnnn2C)c2cccnc12. The van der Waals surface area contributed by atoms with Gasteiger partial charge in [0.15, 0.2) is 0 Å². The molecule has 0 fully saturated rings. The topological polar surface area (TPSA) is 85.6 Å². The summed E-state index contributed by atoms with van der Waals surface area (Å²) in [5.74, 6) is 0.573. The minimum Gasteiger partial charge on any atom is -0.325 e. The molecule has 7 nitrogen and oxygen atoms in total. The summed E-state index contributed by atoms with van der Waals surface area (Å²) in [6.07, 6.45) is 2.14. The number of amides is 1. The number of pyridine rings is 1. The molecule has 0 aliphatic rings. The fourth-order valence-electron chi connectivity index (χ4n) is 2.21. The number of rotatable bonds is 5. The van der Waals surface area contributed by atoms with E-state index in [1.54, 1.807) is 17.9 Å². The molecule has 0 atom stereocenters. The highest BCUT2D eigenvalue weighted by atomic mass is 32.2. The van der Waals surface area contributed by atoms with Crippen LogP contribution in [0.3, 0.4) is 0 Å². The molecule has 1 N–H and O–H groups in total. The molecule has 0 unspecified atom stereocenters. The number of fused-ring (bicyclic) bond motifs is 1. The third-order valence-corrected chi connectivity index (χ3v) is 4.40. The van der Waals surface area contributed by atoms with Gasteiger partial charge in [-0.15, -0.1) is 5.10 Å². The van der Waals surface area contributed by atoms with E-state index < -0.39 is 0 Å². The number of anilines is 1. The van der Waals surface area contributed by atoms with Gasteiger partial charge in [-0.1, -0.05) is 17.8 Å². The minimum atomic E-state index is -0.0402. The lowest BCUT2D eigenvalue weighted by atomic mass is 10.1. The highest BCUT2D eigenvalue weighted by Crippen LogP contribution is 2.24. The number of aryl methyl sites for hydroxylation is 2. The Labute approximate surface area is 137 Å². The molecule has 118 valence electrons. The molecule has 0 saturated heterocycles. The molecule has 8 heteroatoms. The number of tetrazole rings is 1. The molecule has 0 saturated carbocycles. The van der Waals surface area contributed by atoms with Crippen LogP contribution in [-0.2, 0) is 11.8 Å². The molecule has 23 heavy (non-hydrogen) atoms. The maximum absolute atomic E-state index is 12.2. The van der Waals surface area contributed by atoms with Crippen LogP contribution in [0.4, 0.5) is 5.69 Å². The number of nitrogens with one attached hydrogen (secondary N) is 1. The van der Waals surface area contributed by atoms with Crippen molar-refractivity contribution in [1.29, 1.82) is 0 Å². The zero-order valence-electron chi connectivity index (χ0n) is 12.9. The predicted molar refractivity (Wildman–Crippen MR) is 89.2 cm³/mol. The summed E-state index contributed by atoms with van der Waals surface area (Å²) in [6.45, 7) is 2.01. The summed E-state index contributed by atoms with van der Waals surface area (Å²) in [4.78, 5) is 16.5. The van der Waals surface area contributed by atoms with E-state index in [4.69, 9.17) is 0 Å². The molecule has 2 heterocycles. The van der Waals surface area contributed by atoms with Crippen LogP contribution in [0.1, 0.15) is 12.0 Å². The fourth-order valence-corrected chi connectivity index (χ4v) is 3.00. The van der Waals surface area contributed by atoms with Crippen LogP contribution in [-0.4, -0.2) is 36.9 Å². The molecule has 0 aliphatic heterocycles. The van der Waals surface area contributed by atoms with Crippen LogP contribution in [0.25, 0.3) is 10.9 Å². The Hall–Kier alpha value is -2.48. The van der Waals surface area contributed by atoms with Gasteiger partial charge < -0.3 is 5.32 Å². The first-order valence-electron chi connectivity index (χ1n) is 7.14. The number of hydrogen-bond donors (Lipinski definition) is 1. The van der Waals surface area contributed by atoms with Crippen LogP contribution >= 0.6 is 11.8 Å². The highest BCUT2D eigenvalue weighted by molar-refractivity contribution is 7.99. The first kappa shape index (κ1) is 15.4. The molecular formula is C15H16N6OS. The largest absolute Gasteiger partial charge is 0.325 e. The van der Waals surface area contributed by atoms with Gasteiger partial charge in [0.1, 0.15) is 0 Å². The second-order valence-corrected chi connectivity index (χ2v) is 6.12.